The van der Waals surface area contributed by atoms with Crippen LogP contribution in [0.4, 0.5) is 13.2 Å². The van der Waals surface area contributed by atoms with Gasteiger partial charge in [0.2, 0.25) is 0 Å². The lowest BCUT2D eigenvalue weighted by Crippen LogP contribution is -2.49. The zero-order valence-electron chi connectivity index (χ0n) is 12.1. The number of benzene rings is 1. The van der Waals surface area contributed by atoms with Crippen molar-refractivity contribution in [2.24, 2.45) is 5.92 Å². The van der Waals surface area contributed by atoms with E-state index in [4.69, 9.17) is 0 Å². The van der Waals surface area contributed by atoms with Crippen LogP contribution in [0.1, 0.15) is 36.5 Å². The van der Waals surface area contributed by atoms with Gasteiger partial charge in [-0.2, -0.15) is 13.2 Å². The number of carbonyl (C=O) groups is 1. The molecule has 116 valence electrons. The standard InChI is InChI=1S/C16H20F3NO/c1-2-14(15(21)12-7-4-3-5-8-12)20-10-6-9-13(11-20)16(17,18)19/h3-5,7-8,13-14H,2,6,9-11H2,1H3. The number of carbonyl (C=O) groups excluding carboxylic acids is 1. The first kappa shape index (κ1) is 16.0. The number of likely N-dealkylation sites (tertiary alicyclic amines) is 1. The van der Waals surface area contributed by atoms with E-state index in [0.29, 0.717) is 24.9 Å². The molecule has 2 unspecified atom stereocenters. The van der Waals surface area contributed by atoms with E-state index < -0.39 is 18.1 Å². The van der Waals surface area contributed by atoms with Gasteiger partial charge in [-0.15, -0.1) is 0 Å². The summed E-state index contributed by atoms with van der Waals surface area (Å²) >= 11 is 0. The van der Waals surface area contributed by atoms with Crippen molar-refractivity contribution in [3.63, 3.8) is 0 Å². The third kappa shape index (κ3) is 3.84. The van der Waals surface area contributed by atoms with Crippen molar-refractivity contribution in [3.05, 3.63) is 35.9 Å². The van der Waals surface area contributed by atoms with E-state index in [1.807, 2.05) is 13.0 Å². The molecule has 0 spiro atoms. The summed E-state index contributed by atoms with van der Waals surface area (Å²) in [6.07, 6.45) is -3.00. The molecule has 1 aromatic rings. The number of nitrogens with zero attached hydrogens (tertiary/aromatic N) is 1. The molecule has 1 aliphatic heterocycles. The molecule has 0 bridgehead atoms. The predicted molar refractivity (Wildman–Crippen MR) is 75.2 cm³/mol. The van der Waals surface area contributed by atoms with Crippen molar-refractivity contribution in [1.29, 1.82) is 0 Å². The van der Waals surface area contributed by atoms with Crippen LogP contribution < -0.4 is 0 Å². The molecule has 0 radical (unpaired) electrons. The number of rotatable bonds is 4. The lowest BCUT2D eigenvalue weighted by Gasteiger charge is -2.37. The lowest BCUT2D eigenvalue weighted by atomic mass is 9.93. The lowest BCUT2D eigenvalue weighted by molar-refractivity contribution is -0.187. The zero-order valence-corrected chi connectivity index (χ0v) is 12.1. The summed E-state index contributed by atoms with van der Waals surface area (Å²) in [6, 6.07) is 8.34. The van der Waals surface area contributed by atoms with Gasteiger partial charge in [-0.25, -0.2) is 0 Å². The van der Waals surface area contributed by atoms with Gasteiger partial charge in [-0.05, 0) is 25.8 Å². The fourth-order valence-electron chi connectivity index (χ4n) is 2.96. The number of Topliss-reactive ketones (excluding diaryl/α,β-unsaturated/α-hetero) is 1. The van der Waals surface area contributed by atoms with Crippen molar-refractivity contribution in [3.8, 4) is 0 Å². The van der Waals surface area contributed by atoms with Crippen molar-refractivity contribution in [1.82, 2.24) is 4.90 Å². The molecule has 0 N–H and O–H groups in total. The molecule has 2 atom stereocenters. The summed E-state index contributed by atoms with van der Waals surface area (Å²) in [5.74, 6) is -1.40. The fourth-order valence-corrected chi connectivity index (χ4v) is 2.96. The summed E-state index contributed by atoms with van der Waals surface area (Å²) in [5, 5.41) is 0. The Bertz CT molecular complexity index is 472. The zero-order chi connectivity index (χ0) is 15.5. The van der Waals surface area contributed by atoms with Gasteiger partial charge in [-0.3, -0.25) is 9.69 Å². The van der Waals surface area contributed by atoms with Crippen molar-refractivity contribution in [2.45, 2.75) is 38.4 Å². The van der Waals surface area contributed by atoms with E-state index in [2.05, 4.69) is 0 Å². The van der Waals surface area contributed by atoms with Crippen molar-refractivity contribution >= 4 is 5.78 Å². The van der Waals surface area contributed by atoms with Crippen molar-refractivity contribution < 1.29 is 18.0 Å². The second-order valence-corrected chi connectivity index (χ2v) is 5.53. The molecule has 1 heterocycles. The molecular formula is C16H20F3NO. The van der Waals surface area contributed by atoms with Crippen LogP contribution in [0.5, 0.6) is 0 Å². The Balaban J connectivity index is 2.12. The SMILES string of the molecule is CCC(C(=O)c1ccccc1)N1CCCC(C(F)(F)F)C1. The van der Waals surface area contributed by atoms with Gasteiger partial charge in [0.1, 0.15) is 0 Å². The van der Waals surface area contributed by atoms with Gasteiger partial charge < -0.3 is 0 Å². The van der Waals surface area contributed by atoms with Crippen LogP contribution in [0.2, 0.25) is 0 Å². The molecule has 0 aliphatic carbocycles. The number of halogens is 3. The summed E-state index contributed by atoms with van der Waals surface area (Å²) in [4.78, 5) is 14.2. The average Bonchev–Trinajstić information content (AvgIpc) is 2.48. The molecule has 1 fully saturated rings. The van der Waals surface area contributed by atoms with E-state index in [1.54, 1.807) is 29.2 Å². The summed E-state index contributed by atoms with van der Waals surface area (Å²) in [6.45, 7) is 2.34. The third-order valence-electron chi connectivity index (χ3n) is 4.10. The van der Waals surface area contributed by atoms with Crippen LogP contribution in [0.25, 0.3) is 0 Å². The molecule has 21 heavy (non-hydrogen) atoms. The molecule has 1 aromatic carbocycles. The van der Waals surface area contributed by atoms with Crippen LogP contribution in [0, 0.1) is 5.92 Å². The van der Waals surface area contributed by atoms with Crippen LogP contribution in [0.15, 0.2) is 30.3 Å². The first-order chi connectivity index (χ1) is 9.93. The van der Waals surface area contributed by atoms with Crippen LogP contribution in [0.3, 0.4) is 0 Å². The van der Waals surface area contributed by atoms with Crippen LogP contribution >= 0.6 is 0 Å². The minimum absolute atomic E-state index is 0.0689. The second kappa shape index (κ2) is 6.60. The second-order valence-electron chi connectivity index (χ2n) is 5.53. The molecule has 5 heteroatoms. The summed E-state index contributed by atoms with van der Waals surface area (Å²) < 4.78 is 38.7. The van der Waals surface area contributed by atoms with Gasteiger partial charge in [0.15, 0.2) is 5.78 Å². The normalized spacial score (nSPS) is 22.0. The molecule has 0 saturated carbocycles. The Hall–Kier alpha value is -1.36. The minimum Gasteiger partial charge on any atom is -0.293 e. The molecule has 0 amide bonds. The van der Waals surface area contributed by atoms with Crippen molar-refractivity contribution in [2.75, 3.05) is 13.1 Å². The van der Waals surface area contributed by atoms with Gasteiger partial charge in [0.05, 0.1) is 12.0 Å². The topological polar surface area (TPSA) is 20.3 Å². The quantitative estimate of drug-likeness (QED) is 0.785. The summed E-state index contributed by atoms with van der Waals surface area (Å²) in [5.41, 5.74) is 0.568. The highest BCUT2D eigenvalue weighted by Crippen LogP contribution is 2.34. The van der Waals surface area contributed by atoms with Crippen LogP contribution in [-0.2, 0) is 0 Å². The van der Waals surface area contributed by atoms with E-state index in [-0.39, 0.29) is 18.7 Å². The van der Waals surface area contributed by atoms with E-state index in [9.17, 15) is 18.0 Å². The number of hydrogen-bond donors (Lipinski definition) is 0. The average molecular weight is 299 g/mol. The smallest absolute Gasteiger partial charge is 0.293 e. The number of piperidine rings is 1. The highest BCUT2D eigenvalue weighted by molar-refractivity contribution is 6.00. The van der Waals surface area contributed by atoms with Gasteiger partial charge in [0.25, 0.3) is 0 Å². The van der Waals surface area contributed by atoms with E-state index in [0.717, 1.165) is 0 Å². The fraction of sp³-hybridized carbons (Fsp3) is 0.562. The Morgan fingerprint density at radius 2 is 2.00 bits per heavy atom. The Morgan fingerprint density at radius 3 is 2.57 bits per heavy atom. The molecular weight excluding hydrogens is 279 g/mol. The predicted octanol–water partition coefficient (Wildman–Crippen LogP) is 3.92. The van der Waals surface area contributed by atoms with E-state index >= 15 is 0 Å². The van der Waals surface area contributed by atoms with Gasteiger partial charge in [-0.1, -0.05) is 37.3 Å². The molecule has 1 aliphatic rings. The number of ketones is 1. The maximum absolute atomic E-state index is 12.9. The highest BCUT2D eigenvalue weighted by atomic mass is 19.4. The van der Waals surface area contributed by atoms with E-state index in [1.165, 1.54) is 0 Å². The Morgan fingerprint density at radius 1 is 1.33 bits per heavy atom. The maximum Gasteiger partial charge on any atom is 0.393 e. The minimum atomic E-state index is -4.17. The third-order valence-corrected chi connectivity index (χ3v) is 4.10. The maximum atomic E-state index is 12.9. The Kier molecular flexibility index (Phi) is 5.04. The first-order valence-electron chi connectivity index (χ1n) is 7.33. The largest absolute Gasteiger partial charge is 0.393 e. The summed E-state index contributed by atoms with van der Waals surface area (Å²) in [7, 11) is 0. The molecule has 2 rings (SSSR count). The van der Waals surface area contributed by atoms with Crippen LogP contribution in [-0.4, -0.2) is 36.0 Å². The Labute approximate surface area is 122 Å². The molecule has 1 saturated heterocycles. The number of hydrogen-bond acceptors (Lipinski definition) is 2. The monoisotopic (exact) mass is 299 g/mol. The molecule has 2 nitrogen and oxygen atoms in total. The molecule has 0 aromatic heterocycles. The van der Waals surface area contributed by atoms with Gasteiger partial charge in [0, 0.05) is 12.1 Å². The first-order valence-corrected chi connectivity index (χ1v) is 7.33. The number of alkyl halides is 3. The highest BCUT2D eigenvalue weighted by Gasteiger charge is 2.43. The van der Waals surface area contributed by atoms with Gasteiger partial charge >= 0.3 is 6.18 Å².